The van der Waals surface area contributed by atoms with Crippen LogP contribution in [0.4, 0.5) is 5.69 Å². The van der Waals surface area contributed by atoms with Crippen molar-refractivity contribution in [2.45, 2.75) is 6.17 Å². The van der Waals surface area contributed by atoms with Gasteiger partial charge in [-0.05, 0) is 6.07 Å². The second-order valence-electron chi connectivity index (χ2n) is 6.24. The van der Waals surface area contributed by atoms with Crippen LogP contribution in [0.1, 0.15) is 16.8 Å². The Labute approximate surface area is 171 Å². The summed E-state index contributed by atoms with van der Waals surface area (Å²) in [6, 6.07) is 16.4. The molecule has 1 atom stereocenters. The Morgan fingerprint density at radius 1 is 1.10 bits per heavy atom. The number of amidine groups is 1. The number of para-hydroxylation sites is 1. The number of benzene rings is 2. The molecule has 1 amide bonds. The molecule has 30 heavy (non-hydrogen) atoms. The number of ether oxygens (including phenoxy) is 1. The van der Waals surface area contributed by atoms with Crippen LogP contribution >= 0.6 is 0 Å². The molecule has 0 spiro atoms. The lowest BCUT2D eigenvalue weighted by atomic mass is 10.0. The highest BCUT2D eigenvalue weighted by molar-refractivity contribution is 6.19. The van der Waals surface area contributed by atoms with Gasteiger partial charge in [-0.15, -0.1) is 0 Å². The molecule has 0 saturated carbocycles. The van der Waals surface area contributed by atoms with Crippen LogP contribution in [0, 0.1) is 5.41 Å². The summed E-state index contributed by atoms with van der Waals surface area (Å²) in [5.41, 5.74) is 8.82. The van der Waals surface area contributed by atoms with Gasteiger partial charge in [0.15, 0.2) is 0 Å². The zero-order valence-corrected chi connectivity index (χ0v) is 15.7. The molecule has 1 aliphatic rings. The monoisotopic (exact) mass is 399 g/mol. The Bertz CT molecular complexity index is 1140. The second kappa shape index (κ2) is 8.31. The van der Waals surface area contributed by atoms with E-state index in [9.17, 15) is 4.79 Å². The van der Waals surface area contributed by atoms with Gasteiger partial charge >= 0.3 is 0 Å². The molecule has 4 N–H and O–H groups in total. The molecule has 1 aromatic heterocycles. The number of benzodiazepines with no additional fused rings is 1. The Kier molecular flexibility index (Phi) is 5.25. The molecule has 148 valence electrons. The number of hydrogen-bond acceptors (Lipinski definition) is 7. The second-order valence-corrected chi connectivity index (χ2v) is 6.24. The van der Waals surface area contributed by atoms with Gasteiger partial charge in [0.1, 0.15) is 5.69 Å². The maximum Gasteiger partial charge on any atom is 0.291 e. The van der Waals surface area contributed by atoms with Crippen LogP contribution in [0.25, 0.3) is 0 Å². The zero-order chi connectivity index (χ0) is 20.9. The molecule has 2 heterocycles. The number of nitrogens with one attached hydrogen (secondary N) is 2. The summed E-state index contributed by atoms with van der Waals surface area (Å²) in [6.07, 6.45) is 3.06. The van der Waals surface area contributed by atoms with Crippen LogP contribution in [0.3, 0.4) is 0 Å². The van der Waals surface area contributed by atoms with Gasteiger partial charge in [-0.1, -0.05) is 48.5 Å². The standard InChI is InChI=1S/C21H17N7O2/c22-18(16-12-24-10-11-25-16)30-21(23)28-19-20(29)26-15-9-5-4-8-14(15)17(27-19)13-6-2-1-3-7-13/h1-12,19,22H,(H2,23,28)(H,26,29). The highest BCUT2D eigenvalue weighted by atomic mass is 16.5. The predicted octanol–water partition coefficient (Wildman–Crippen LogP) is 1.95. The highest BCUT2D eigenvalue weighted by Crippen LogP contribution is 2.24. The van der Waals surface area contributed by atoms with E-state index in [0.29, 0.717) is 11.4 Å². The lowest BCUT2D eigenvalue weighted by molar-refractivity contribution is -0.117. The van der Waals surface area contributed by atoms with E-state index in [0.717, 1.165) is 11.1 Å². The van der Waals surface area contributed by atoms with Crippen molar-refractivity contribution in [3.63, 3.8) is 0 Å². The molecule has 1 unspecified atom stereocenters. The highest BCUT2D eigenvalue weighted by Gasteiger charge is 2.26. The van der Waals surface area contributed by atoms with Crippen LogP contribution in [-0.2, 0) is 9.53 Å². The lowest BCUT2D eigenvalue weighted by Gasteiger charge is -2.09. The molecule has 0 fully saturated rings. The summed E-state index contributed by atoms with van der Waals surface area (Å²) >= 11 is 0. The summed E-state index contributed by atoms with van der Waals surface area (Å²) in [6.45, 7) is 0. The summed E-state index contributed by atoms with van der Waals surface area (Å²) in [4.78, 5) is 29.2. The van der Waals surface area contributed by atoms with Gasteiger partial charge in [-0.25, -0.2) is 9.98 Å². The average Bonchev–Trinajstić information content (AvgIpc) is 2.91. The number of carbonyl (C=O) groups is 1. The van der Waals surface area contributed by atoms with E-state index in [2.05, 4.69) is 25.3 Å². The van der Waals surface area contributed by atoms with Gasteiger partial charge in [-0.3, -0.25) is 15.2 Å². The van der Waals surface area contributed by atoms with Gasteiger partial charge in [0.05, 0.1) is 17.6 Å². The van der Waals surface area contributed by atoms with Crippen LogP contribution in [0.15, 0.2) is 83.2 Å². The number of carbonyl (C=O) groups excluding carboxylic acids is 1. The van der Waals surface area contributed by atoms with Crippen LogP contribution in [-0.4, -0.2) is 39.7 Å². The third kappa shape index (κ3) is 4.04. The zero-order valence-electron chi connectivity index (χ0n) is 15.7. The van der Waals surface area contributed by atoms with Crippen LogP contribution < -0.4 is 11.1 Å². The molecule has 2 aromatic carbocycles. The molecule has 9 heteroatoms. The number of fused-ring (bicyclic) bond motifs is 1. The van der Waals surface area contributed by atoms with Gasteiger partial charge in [-0.2, -0.15) is 4.99 Å². The molecule has 3 aromatic rings. The van der Waals surface area contributed by atoms with E-state index in [-0.39, 0.29) is 17.6 Å². The molecular weight excluding hydrogens is 382 g/mol. The smallest absolute Gasteiger partial charge is 0.291 e. The number of rotatable bonds is 3. The van der Waals surface area contributed by atoms with E-state index in [4.69, 9.17) is 15.9 Å². The number of aliphatic imine (C=N–C) groups is 2. The summed E-state index contributed by atoms with van der Waals surface area (Å²) in [5.74, 6) is -0.806. The Morgan fingerprint density at radius 2 is 1.87 bits per heavy atom. The topological polar surface area (TPSA) is 139 Å². The minimum atomic E-state index is -1.19. The molecule has 9 nitrogen and oxygen atoms in total. The third-order valence-electron chi connectivity index (χ3n) is 4.23. The van der Waals surface area contributed by atoms with Crippen molar-refractivity contribution >= 4 is 29.2 Å². The third-order valence-corrected chi connectivity index (χ3v) is 4.23. The summed E-state index contributed by atoms with van der Waals surface area (Å²) in [7, 11) is 0. The van der Waals surface area contributed by atoms with Crippen molar-refractivity contribution in [1.29, 1.82) is 5.41 Å². The number of aromatic nitrogens is 2. The molecule has 0 bridgehead atoms. The van der Waals surface area contributed by atoms with Gasteiger partial charge in [0.25, 0.3) is 11.9 Å². The Hall–Kier alpha value is -4.40. The molecule has 0 saturated heterocycles. The first-order valence-electron chi connectivity index (χ1n) is 9.01. The number of nitrogens with zero attached hydrogens (tertiary/aromatic N) is 4. The normalized spacial score (nSPS) is 16.0. The van der Waals surface area contributed by atoms with Crippen molar-refractivity contribution < 1.29 is 9.53 Å². The van der Waals surface area contributed by atoms with Gasteiger partial charge in [0, 0.05) is 23.5 Å². The number of amides is 1. The largest absolute Gasteiger partial charge is 0.405 e. The SMILES string of the molecule is N=C(OC(N)=NC1N=C(c2ccccc2)c2ccccc2NC1=O)c1cnccn1. The number of nitrogens with two attached hydrogens (primary N) is 1. The quantitative estimate of drug-likeness (QED) is 0.456. The van der Waals surface area contributed by atoms with E-state index in [1.807, 2.05) is 48.5 Å². The Balaban J connectivity index is 1.68. The van der Waals surface area contributed by atoms with Crippen molar-refractivity contribution in [2.24, 2.45) is 15.7 Å². The number of hydrogen-bond donors (Lipinski definition) is 3. The van der Waals surface area contributed by atoms with Crippen molar-refractivity contribution in [2.75, 3.05) is 5.32 Å². The number of anilines is 1. The first-order valence-corrected chi connectivity index (χ1v) is 9.01. The Morgan fingerprint density at radius 3 is 2.63 bits per heavy atom. The van der Waals surface area contributed by atoms with Crippen LogP contribution in [0.5, 0.6) is 0 Å². The van der Waals surface area contributed by atoms with Crippen molar-refractivity contribution in [3.05, 3.63) is 90.0 Å². The maximum absolute atomic E-state index is 12.7. The predicted molar refractivity (Wildman–Crippen MR) is 113 cm³/mol. The fraction of sp³-hybridized carbons (Fsp3) is 0.0476. The summed E-state index contributed by atoms with van der Waals surface area (Å²) in [5, 5.41) is 10.7. The van der Waals surface area contributed by atoms with Crippen LogP contribution in [0.2, 0.25) is 0 Å². The van der Waals surface area contributed by atoms with Gasteiger partial charge in [0.2, 0.25) is 12.1 Å². The average molecular weight is 399 g/mol. The maximum atomic E-state index is 12.7. The first-order chi connectivity index (χ1) is 14.6. The fourth-order valence-electron chi connectivity index (χ4n) is 2.88. The molecular formula is C21H17N7O2. The lowest BCUT2D eigenvalue weighted by Crippen LogP contribution is -2.29. The van der Waals surface area contributed by atoms with E-state index in [1.165, 1.54) is 18.6 Å². The molecule has 0 radical (unpaired) electrons. The van der Waals surface area contributed by atoms with E-state index < -0.39 is 12.1 Å². The molecule has 1 aliphatic heterocycles. The fourth-order valence-corrected chi connectivity index (χ4v) is 2.88. The molecule has 0 aliphatic carbocycles. The minimum absolute atomic E-state index is 0.182. The van der Waals surface area contributed by atoms with Crippen molar-refractivity contribution in [1.82, 2.24) is 9.97 Å². The molecule has 4 rings (SSSR count). The van der Waals surface area contributed by atoms with Crippen molar-refractivity contribution in [3.8, 4) is 0 Å². The minimum Gasteiger partial charge on any atom is -0.405 e. The van der Waals surface area contributed by atoms with E-state index >= 15 is 0 Å². The first kappa shape index (κ1) is 18.9. The summed E-state index contributed by atoms with van der Waals surface area (Å²) < 4.78 is 5.21. The van der Waals surface area contributed by atoms with E-state index in [1.54, 1.807) is 6.07 Å². The van der Waals surface area contributed by atoms with Gasteiger partial charge < -0.3 is 15.8 Å².